The van der Waals surface area contributed by atoms with Crippen molar-refractivity contribution in [3.8, 4) is 0 Å². The van der Waals surface area contributed by atoms with Gasteiger partial charge in [0.1, 0.15) is 5.69 Å². The smallest absolute Gasteiger partial charge is 0.186 e. The van der Waals surface area contributed by atoms with Crippen molar-refractivity contribution >= 4 is 22.3 Å². The standard InChI is InChI=1S/C13H18N2OS/c1-13(2)7-4-8-15(13)12-14-11-9(16)5-3-6-10(11)17-12/h3-8H2,1-2H3. The van der Waals surface area contributed by atoms with Gasteiger partial charge < -0.3 is 4.90 Å². The molecule has 1 saturated heterocycles. The van der Waals surface area contributed by atoms with E-state index >= 15 is 0 Å². The lowest BCUT2D eigenvalue weighted by Gasteiger charge is -2.31. The summed E-state index contributed by atoms with van der Waals surface area (Å²) in [4.78, 5) is 20.0. The molecular formula is C13H18N2OS. The second-order valence-electron chi connectivity index (χ2n) is 5.61. The first-order chi connectivity index (χ1) is 8.08. The predicted molar refractivity (Wildman–Crippen MR) is 70.0 cm³/mol. The Morgan fingerprint density at radius 3 is 2.76 bits per heavy atom. The van der Waals surface area contributed by atoms with E-state index in [1.54, 1.807) is 11.3 Å². The van der Waals surface area contributed by atoms with Crippen LogP contribution in [0, 0.1) is 0 Å². The fourth-order valence-electron chi connectivity index (χ4n) is 2.83. The van der Waals surface area contributed by atoms with Crippen molar-refractivity contribution < 1.29 is 4.79 Å². The number of carbonyl (C=O) groups excluding carboxylic acids is 1. The van der Waals surface area contributed by atoms with Crippen LogP contribution in [0.3, 0.4) is 0 Å². The molecule has 0 atom stereocenters. The molecule has 1 aromatic rings. The van der Waals surface area contributed by atoms with Gasteiger partial charge in [0, 0.05) is 23.4 Å². The molecule has 3 nitrogen and oxygen atoms in total. The molecule has 0 saturated carbocycles. The predicted octanol–water partition coefficient (Wildman–Crippen LogP) is 3.04. The highest BCUT2D eigenvalue weighted by atomic mass is 32.1. The van der Waals surface area contributed by atoms with Gasteiger partial charge in [0.25, 0.3) is 0 Å². The Balaban J connectivity index is 1.97. The van der Waals surface area contributed by atoms with Gasteiger partial charge in [-0.2, -0.15) is 0 Å². The van der Waals surface area contributed by atoms with Crippen LogP contribution in [0.1, 0.15) is 54.9 Å². The second-order valence-corrected chi connectivity index (χ2v) is 6.67. The number of hydrogen-bond donors (Lipinski definition) is 0. The van der Waals surface area contributed by atoms with E-state index in [-0.39, 0.29) is 11.3 Å². The van der Waals surface area contributed by atoms with Gasteiger partial charge in [-0.05, 0) is 39.5 Å². The molecule has 1 aliphatic heterocycles. The van der Waals surface area contributed by atoms with E-state index in [4.69, 9.17) is 0 Å². The summed E-state index contributed by atoms with van der Waals surface area (Å²) in [5.41, 5.74) is 0.961. The Kier molecular flexibility index (Phi) is 2.51. The SMILES string of the molecule is CC1(C)CCCN1c1nc2c(s1)CCCC2=O. The monoisotopic (exact) mass is 250 g/mol. The fourth-order valence-corrected chi connectivity index (χ4v) is 4.14. The second kappa shape index (κ2) is 3.80. The highest BCUT2D eigenvalue weighted by Gasteiger charge is 2.35. The van der Waals surface area contributed by atoms with Crippen LogP contribution < -0.4 is 4.90 Å². The Bertz CT molecular complexity index is 464. The Morgan fingerprint density at radius 1 is 1.29 bits per heavy atom. The number of fused-ring (bicyclic) bond motifs is 1. The summed E-state index contributed by atoms with van der Waals surface area (Å²) in [5, 5.41) is 1.06. The summed E-state index contributed by atoms with van der Waals surface area (Å²) in [7, 11) is 0. The highest BCUT2D eigenvalue weighted by Crippen LogP contribution is 2.38. The average Bonchev–Trinajstić information content (AvgIpc) is 2.81. The number of nitrogens with zero attached hydrogens (tertiary/aromatic N) is 2. The van der Waals surface area contributed by atoms with Crippen molar-refractivity contribution in [2.24, 2.45) is 0 Å². The Labute approximate surface area is 106 Å². The molecule has 1 fully saturated rings. The summed E-state index contributed by atoms with van der Waals surface area (Å²) in [6.45, 7) is 5.61. The van der Waals surface area contributed by atoms with Crippen LogP contribution in [0.2, 0.25) is 0 Å². The third kappa shape index (κ3) is 1.79. The van der Waals surface area contributed by atoms with Crippen LogP contribution in [-0.4, -0.2) is 22.9 Å². The van der Waals surface area contributed by atoms with Crippen LogP contribution in [0.15, 0.2) is 0 Å². The quantitative estimate of drug-likeness (QED) is 0.768. The van der Waals surface area contributed by atoms with Crippen molar-refractivity contribution in [1.29, 1.82) is 0 Å². The van der Waals surface area contributed by atoms with Gasteiger partial charge in [0.05, 0.1) is 0 Å². The Hall–Kier alpha value is -0.900. The van der Waals surface area contributed by atoms with Crippen molar-refractivity contribution in [1.82, 2.24) is 4.98 Å². The molecule has 1 aromatic heterocycles. The third-order valence-electron chi connectivity index (χ3n) is 3.89. The van der Waals surface area contributed by atoms with E-state index in [0.717, 1.165) is 30.2 Å². The van der Waals surface area contributed by atoms with E-state index in [2.05, 4.69) is 23.7 Å². The van der Waals surface area contributed by atoms with Crippen molar-refractivity contribution in [3.63, 3.8) is 0 Å². The number of Topliss-reactive ketones (excluding diaryl/α,β-unsaturated/α-hetero) is 1. The van der Waals surface area contributed by atoms with Gasteiger partial charge >= 0.3 is 0 Å². The van der Waals surface area contributed by atoms with Crippen LogP contribution >= 0.6 is 11.3 Å². The van der Waals surface area contributed by atoms with E-state index in [1.165, 1.54) is 17.7 Å². The van der Waals surface area contributed by atoms with E-state index < -0.39 is 0 Å². The number of rotatable bonds is 1. The molecule has 0 N–H and O–H groups in total. The minimum absolute atomic E-state index is 0.198. The number of anilines is 1. The highest BCUT2D eigenvalue weighted by molar-refractivity contribution is 7.16. The number of hydrogen-bond acceptors (Lipinski definition) is 4. The average molecular weight is 250 g/mol. The van der Waals surface area contributed by atoms with Crippen LogP contribution in [0.5, 0.6) is 0 Å². The maximum absolute atomic E-state index is 11.8. The fraction of sp³-hybridized carbons (Fsp3) is 0.692. The lowest BCUT2D eigenvalue weighted by Crippen LogP contribution is -2.38. The molecule has 17 heavy (non-hydrogen) atoms. The normalized spacial score (nSPS) is 22.9. The lowest BCUT2D eigenvalue weighted by molar-refractivity contribution is 0.0968. The van der Waals surface area contributed by atoms with Gasteiger partial charge in [-0.1, -0.05) is 0 Å². The van der Waals surface area contributed by atoms with Gasteiger partial charge in [0.15, 0.2) is 10.9 Å². The van der Waals surface area contributed by atoms with Gasteiger partial charge in [0.2, 0.25) is 0 Å². The molecule has 1 aliphatic carbocycles. The molecular weight excluding hydrogens is 232 g/mol. The number of ketones is 1. The zero-order valence-electron chi connectivity index (χ0n) is 10.5. The minimum Gasteiger partial charge on any atom is -0.343 e. The van der Waals surface area contributed by atoms with Gasteiger partial charge in [-0.3, -0.25) is 4.79 Å². The first-order valence-corrected chi connectivity index (χ1v) is 7.20. The topological polar surface area (TPSA) is 33.2 Å². The zero-order valence-corrected chi connectivity index (χ0v) is 11.3. The summed E-state index contributed by atoms with van der Waals surface area (Å²) < 4.78 is 0. The third-order valence-corrected chi connectivity index (χ3v) is 5.03. The maximum atomic E-state index is 11.8. The first kappa shape index (κ1) is 11.2. The van der Waals surface area contributed by atoms with Gasteiger partial charge in [-0.15, -0.1) is 11.3 Å². The summed E-state index contributed by atoms with van der Waals surface area (Å²) in [5.74, 6) is 0.241. The molecule has 0 aromatic carbocycles. The van der Waals surface area contributed by atoms with Crippen LogP contribution in [-0.2, 0) is 6.42 Å². The lowest BCUT2D eigenvalue weighted by atomic mass is 10.0. The molecule has 3 rings (SSSR count). The number of aryl methyl sites for hydroxylation is 1. The molecule has 0 bridgehead atoms. The summed E-state index contributed by atoms with van der Waals surface area (Å²) >= 11 is 1.73. The minimum atomic E-state index is 0.198. The molecule has 0 unspecified atom stereocenters. The molecule has 0 amide bonds. The molecule has 0 radical (unpaired) electrons. The number of thiazole rings is 1. The molecule has 4 heteroatoms. The number of aromatic nitrogens is 1. The van der Waals surface area contributed by atoms with Crippen molar-refractivity contribution in [2.75, 3.05) is 11.4 Å². The van der Waals surface area contributed by atoms with Crippen LogP contribution in [0.4, 0.5) is 5.13 Å². The summed E-state index contributed by atoms with van der Waals surface area (Å²) in [6, 6.07) is 0. The summed E-state index contributed by atoms with van der Waals surface area (Å²) in [6.07, 6.45) is 5.15. The molecule has 92 valence electrons. The van der Waals surface area contributed by atoms with E-state index in [9.17, 15) is 4.79 Å². The van der Waals surface area contributed by atoms with Crippen molar-refractivity contribution in [2.45, 2.75) is 51.5 Å². The van der Waals surface area contributed by atoms with E-state index in [0.29, 0.717) is 6.42 Å². The van der Waals surface area contributed by atoms with Crippen molar-refractivity contribution in [3.05, 3.63) is 10.6 Å². The number of carbonyl (C=O) groups is 1. The molecule has 0 spiro atoms. The van der Waals surface area contributed by atoms with Crippen LogP contribution in [0.25, 0.3) is 0 Å². The Morgan fingerprint density at radius 2 is 2.12 bits per heavy atom. The van der Waals surface area contributed by atoms with E-state index in [1.807, 2.05) is 0 Å². The maximum Gasteiger partial charge on any atom is 0.186 e. The molecule has 2 heterocycles. The molecule has 2 aliphatic rings. The van der Waals surface area contributed by atoms with Gasteiger partial charge in [-0.25, -0.2) is 4.98 Å². The largest absolute Gasteiger partial charge is 0.343 e. The zero-order chi connectivity index (χ0) is 12.0. The first-order valence-electron chi connectivity index (χ1n) is 6.38.